The number of hydrogen-bond donors (Lipinski definition) is 0. The van der Waals surface area contributed by atoms with Gasteiger partial charge in [0.15, 0.2) is 11.4 Å². The zero-order valence-electron chi connectivity index (χ0n) is 20.8. The van der Waals surface area contributed by atoms with E-state index < -0.39 is 11.6 Å². The van der Waals surface area contributed by atoms with E-state index in [1.807, 2.05) is 25.5 Å². The van der Waals surface area contributed by atoms with Gasteiger partial charge in [0.1, 0.15) is 29.5 Å². The van der Waals surface area contributed by atoms with Gasteiger partial charge < -0.3 is 19.1 Å². The number of amides is 1. The molecule has 0 aliphatic carbocycles. The third kappa shape index (κ3) is 5.78. The number of benzene rings is 1. The summed E-state index contributed by atoms with van der Waals surface area (Å²) in [7, 11) is 1.24. The fraction of sp³-hybridized carbons (Fsp3) is 0.440. The highest BCUT2D eigenvalue weighted by Crippen LogP contribution is 2.31. The summed E-state index contributed by atoms with van der Waals surface area (Å²) in [6.07, 6.45) is 3.90. The Kier molecular flexibility index (Phi) is 7.18. The SMILES string of the molecule is COC(=O)CC(=O)c1ccc(Oc2ncnc3c2cnn3C2CCN(C(=O)OC(C)(C)C)CC2)cc1. The van der Waals surface area contributed by atoms with Crippen LogP contribution in [-0.4, -0.2) is 68.3 Å². The number of ketones is 1. The Labute approximate surface area is 208 Å². The first-order valence-electron chi connectivity index (χ1n) is 11.7. The second-order valence-electron chi connectivity index (χ2n) is 9.51. The predicted molar refractivity (Wildman–Crippen MR) is 129 cm³/mol. The number of nitrogens with zero attached hydrogens (tertiary/aromatic N) is 5. The number of rotatable bonds is 6. The molecule has 2 aromatic heterocycles. The van der Waals surface area contributed by atoms with E-state index in [0.29, 0.717) is 41.3 Å². The summed E-state index contributed by atoms with van der Waals surface area (Å²) in [6, 6.07) is 6.51. The largest absolute Gasteiger partial charge is 0.469 e. The molecule has 0 unspecified atom stereocenters. The van der Waals surface area contributed by atoms with Crippen molar-refractivity contribution >= 4 is 28.9 Å². The van der Waals surface area contributed by atoms with Gasteiger partial charge in [0.25, 0.3) is 0 Å². The van der Waals surface area contributed by atoms with Crippen molar-refractivity contribution in [2.24, 2.45) is 0 Å². The Balaban J connectivity index is 1.44. The van der Waals surface area contributed by atoms with E-state index in [-0.39, 0.29) is 24.3 Å². The molecule has 0 bridgehead atoms. The zero-order valence-corrected chi connectivity index (χ0v) is 20.8. The molecule has 1 amide bonds. The molecule has 11 nitrogen and oxygen atoms in total. The number of carbonyl (C=O) groups excluding carboxylic acids is 3. The van der Waals surface area contributed by atoms with Crippen LogP contribution in [-0.2, 0) is 14.3 Å². The summed E-state index contributed by atoms with van der Waals surface area (Å²) >= 11 is 0. The second-order valence-corrected chi connectivity index (χ2v) is 9.51. The maximum absolute atomic E-state index is 12.4. The van der Waals surface area contributed by atoms with Gasteiger partial charge in [-0.25, -0.2) is 19.4 Å². The molecule has 0 N–H and O–H groups in total. The van der Waals surface area contributed by atoms with Crippen LogP contribution in [0.4, 0.5) is 4.79 Å². The number of fused-ring (bicyclic) bond motifs is 1. The Morgan fingerprint density at radius 2 is 1.75 bits per heavy atom. The Morgan fingerprint density at radius 1 is 1.06 bits per heavy atom. The molecule has 1 aliphatic rings. The second kappa shape index (κ2) is 10.3. The molecule has 0 spiro atoms. The number of carbonyl (C=O) groups is 3. The Morgan fingerprint density at radius 3 is 2.39 bits per heavy atom. The van der Waals surface area contributed by atoms with E-state index in [1.54, 1.807) is 35.4 Å². The lowest BCUT2D eigenvalue weighted by Crippen LogP contribution is -2.42. The van der Waals surface area contributed by atoms with Crippen molar-refractivity contribution < 1.29 is 28.6 Å². The van der Waals surface area contributed by atoms with Gasteiger partial charge in [-0.2, -0.15) is 5.10 Å². The van der Waals surface area contributed by atoms with Gasteiger partial charge in [-0.15, -0.1) is 0 Å². The van der Waals surface area contributed by atoms with Gasteiger partial charge in [-0.05, 0) is 57.9 Å². The van der Waals surface area contributed by atoms with E-state index in [1.165, 1.54) is 13.4 Å². The number of aromatic nitrogens is 4. The number of ether oxygens (including phenoxy) is 3. The van der Waals surface area contributed by atoms with E-state index in [9.17, 15) is 14.4 Å². The fourth-order valence-electron chi connectivity index (χ4n) is 3.93. The van der Waals surface area contributed by atoms with Crippen LogP contribution in [0.5, 0.6) is 11.6 Å². The van der Waals surface area contributed by atoms with Gasteiger partial charge in [0.2, 0.25) is 5.88 Å². The predicted octanol–water partition coefficient (Wildman–Crippen LogP) is 3.94. The molecule has 1 fully saturated rings. The number of hydrogen-bond acceptors (Lipinski definition) is 9. The monoisotopic (exact) mass is 495 g/mol. The summed E-state index contributed by atoms with van der Waals surface area (Å²) in [5, 5.41) is 5.19. The molecular weight excluding hydrogens is 466 g/mol. The summed E-state index contributed by atoms with van der Waals surface area (Å²) in [5.41, 5.74) is 0.491. The van der Waals surface area contributed by atoms with Crippen molar-refractivity contribution in [3.8, 4) is 11.6 Å². The molecule has 0 radical (unpaired) electrons. The topological polar surface area (TPSA) is 126 Å². The quantitative estimate of drug-likeness (QED) is 0.284. The molecule has 1 aromatic carbocycles. The summed E-state index contributed by atoms with van der Waals surface area (Å²) in [6.45, 7) is 6.69. The van der Waals surface area contributed by atoms with Crippen LogP contribution >= 0.6 is 0 Å². The Hall–Kier alpha value is -4.02. The highest BCUT2D eigenvalue weighted by Gasteiger charge is 2.29. The molecule has 1 aliphatic heterocycles. The van der Waals surface area contributed by atoms with Crippen molar-refractivity contribution in [2.75, 3.05) is 20.2 Å². The highest BCUT2D eigenvalue weighted by atomic mass is 16.6. The lowest BCUT2D eigenvalue weighted by Gasteiger charge is -2.33. The minimum absolute atomic E-state index is 0.0732. The maximum atomic E-state index is 12.4. The fourth-order valence-corrected chi connectivity index (χ4v) is 3.93. The van der Waals surface area contributed by atoms with Gasteiger partial charge >= 0.3 is 12.1 Å². The van der Waals surface area contributed by atoms with Gasteiger partial charge in [0, 0.05) is 18.7 Å². The van der Waals surface area contributed by atoms with Crippen LogP contribution in [0.25, 0.3) is 11.0 Å². The Bertz CT molecular complexity index is 1260. The molecule has 190 valence electrons. The molecule has 36 heavy (non-hydrogen) atoms. The van der Waals surface area contributed by atoms with Crippen LogP contribution in [0.1, 0.15) is 56.4 Å². The first-order valence-corrected chi connectivity index (χ1v) is 11.7. The third-order valence-corrected chi connectivity index (χ3v) is 5.74. The lowest BCUT2D eigenvalue weighted by molar-refractivity contribution is -0.139. The normalized spacial score (nSPS) is 14.5. The average molecular weight is 496 g/mol. The molecular formula is C25H29N5O6. The van der Waals surface area contributed by atoms with Crippen LogP contribution in [0, 0.1) is 0 Å². The van der Waals surface area contributed by atoms with Gasteiger partial charge in [-0.3, -0.25) is 9.59 Å². The minimum Gasteiger partial charge on any atom is -0.469 e. The van der Waals surface area contributed by atoms with Crippen molar-refractivity contribution in [2.45, 2.75) is 51.7 Å². The van der Waals surface area contributed by atoms with E-state index in [0.717, 1.165) is 12.8 Å². The lowest BCUT2D eigenvalue weighted by atomic mass is 10.1. The van der Waals surface area contributed by atoms with Crippen molar-refractivity contribution in [3.05, 3.63) is 42.4 Å². The van der Waals surface area contributed by atoms with Gasteiger partial charge in [0.05, 0.1) is 19.3 Å². The molecule has 0 saturated carbocycles. The number of piperidine rings is 1. The van der Waals surface area contributed by atoms with E-state index in [2.05, 4.69) is 19.8 Å². The van der Waals surface area contributed by atoms with Crippen LogP contribution in [0.15, 0.2) is 36.8 Å². The summed E-state index contributed by atoms with van der Waals surface area (Å²) < 4.78 is 17.8. The molecule has 11 heteroatoms. The zero-order chi connectivity index (χ0) is 25.9. The molecule has 3 heterocycles. The maximum Gasteiger partial charge on any atom is 0.410 e. The standard InChI is InChI=1S/C25H29N5O6/c1-25(2,3)36-24(33)29-11-9-17(10-12-29)30-22-19(14-28-30)23(27-15-26-22)35-18-7-5-16(6-8-18)20(31)13-21(32)34-4/h5-8,14-15,17H,9-13H2,1-4H3. The summed E-state index contributed by atoms with van der Waals surface area (Å²) in [5.74, 6) is -0.109. The van der Waals surface area contributed by atoms with Crippen molar-refractivity contribution in [3.63, 3.8) is 0 Å². The molecule has 1 saturated heterocycles. The molecule has 4 rings (SSSR count). The van der Waals surface area contributed by atoms with Crippen molar-refractivity contribution in [1.29, 1.82) is 0 Å². The molecule has 3 aromatic rings. The first-order chi connectivity index (χ1) is 17.1. The first kappa shape index (κ1) is 25.1. The van der Waals surface area contributed by atoms with Crippen LogP contribution in [0.3, 0.4) is 0 Å². The number of methoxy groups -OCH3 is 1. The smallest absolute Gasteiger partial charge is 0.410 e. The summed E-state index contributed by atoms with van der Waals surface area (Å²) in [4.78, 5) is 46.2. The van der Waals surface area contributed by atoms with Crippen LogP contribution in [0.2, 0.25) is 0 Å². The van der Waals surface area contributed by atoms with Gasteiger partial charge in [-0.1, -0.05) is 0 Å². The van der Waals surface area contributed by atoms with Crippen molar-refractivity contribution in [1.82, 2.24) is 24.6 Å². The van der Waals surface area contributed by atoms with Crippen LogP contribution < -0.4 is 4.74 Å². The number of esters is 1. The highest BCUT2D eigenvalue weighted by molar-refractivity contribution is 6.05. The number of Topliss-reactive ketones (excluding diaryl/α,β-unsaturated/α-hetero) is 1. The number of likely N-dealkylation sites (tertiary alicyclic amines) is 1. The molecule has 0 atom stereocenters. The average Bonchev–Trinajstić information content (AvgIpc) is 3.28. The third-order valence-electron chi connectivity index (χ3n) is 5.74. The van der Waals surface area contributed by atoms with E-state index in [4.69, 9.17) is 9.47 Å². The minimum atomic E-state index is -0.587. The van der Waals surface area contributed by atoms with E-state index >= 15 is 0 Å².